The normalized spacial score (nSPS) is 19.1. The van der Waals surface area contributed by atoms with Gasteiger partial charge >= 0.3 is 0 Å². The van der Waals surface area contributed by atoms with E-state index in [0.717, 1.165) is 31.9 Å². The second kappa shape index (κ2) is 8.19. The zero-order valence-corrected chi connectivity index (χ0v) is 12.7. The molecule has 122 valence electrons. The third-order valence-electron chi connectivity index (χ3n) is 4.04. The van der Waals surface area contributed by atoms with Crippen molar-refractivity contribution >= 4 is 5.91 Å². The number of rotatable bonds is 6. The van der Waals surface area contributed by atoms with E-state index in [4.69, 9.17) is 5.73 Å². The number of carbonyl (C=O) groups is 1. The van der Waals surface area contributed by atoms with Crippen molar-refractivity contribution < 1.29 is 13.6 Å². The van der Waals surface area contributed by atoms with Crippen molar-refractivity contribution in [2.45, 2.75) is 38.3 Å². The largest absolute Gasteiger partial charge is 0.354 e. The van der Waals surface area contributed by atoms with Crippen LogP contribution < -0.4 is 11.1 Å². The zero-order chi connectivity index (χ0) is 15.9. The van der Waals surface area contributed by atoms with Gasteiger partial charge in [0.1, 0.15) is 11.6 Å². The molecule has 1 aliphatic heterocycles. The molecule has 1 amide bonds. The molecular weight excluding hydrogens is 288 g/mol. The molecule has 0 saturated carbocycles. The van der Waals surface area contributed by atoms with Gasteiger partial charge in [-0.15, -0.1) is 0 Å². The molecule has 22 heavy (non-hydrogen) atoms. The van der Waals surface area contributed by atoms with Crippen molar-refractivity contribution in [3.8, 4) is 0 Å². The third kappa shape index (κ3) is 4.74. The highest BCUT2D eigenvalue weighted by Gasteiger charge is 2.23. The lowest BCUT2D eigenvalue weighted by molar-refractivity contribution is -0.121. The molecule has 6 heteroatoms. The number of nitrogens with two attached hydrogens (primary N) is 1. The number of hydrogen-bond donors (Lipinski definition) is 2. The quantitative estimate of drug-likeness (QED) is 0.842. The summed E-state index contributed by atoms with van der Waals surface area (Å²) in [5.74, 6) is -1.14. The summed E-state index contributed by atoms with van der Waals surface area (Å²) in [5.41, 5.74) is 5.84. The SMILES string of the molecule is NCCC(=O)NCC1CCCCN1Cc1ccc(F)cc1F. The number of carbonyl (C=O) groups excluding carboxylic acids is 1. The van der Waals surface area contributed by atoms with Gasteiger partial charge in [0.15, 0.2) is 0 Å². The molecule has 1 atom stereocenters. The number of benzene rings is 1. The van der Waals surface area contributed by atoms with Gasteiger partial charge in [0.2, 0.25) is 5.91 Å². The highest BCUT2D eigenvalue weighted by atomic mass is 19.1. The van der Waals surface area contributed by atoms with Gasteiger partial charge in [-0.1, -0.05) is 12.5 Å². The Morgan fingerprint density at radius 1 is 1.36 bits per heavy atom. The second-order valence-corrected chi connectivity index (χ2v) is 5.70. The van der Waals surface area contributed by atoms with Crippen LogP contribution in [0.15, 0.2) is 18.2 Å². The molecular formula is C16H23F2N3O. The van der Waals surface area contributed by atoms with Crippen LogP contribution in [0.5, 0.6) is 0 Å². The molecule has 1 fully saturated rings. The number of nitrogens with one attached hydrogen (secondary N) is 1. The lowest BCUT2D eigenvalue weighted by atomic mass is 10.0. The van der Waals surface area contributed by atoms with Crippen molar-refractivity contribution in [2.75, 3.05) is 19.6 Å². The minimum absolute atomic E-state index is 0.0546. The van der Waals surface area contributed by atoms with E-state index in [1.807, 2.05) is 0 Å². The summed E-state index contributed by atoms with van der Waals surface area (Å²) in [6.07, 6.45) is 3.43. The van der Waals surface area contributed by atoms with E-state index in [9.17, 15) is 13.6 Å². The summed E-state index contributed by atoms with van der Waals surface area (Å²) >= 11 is 0. The van der Waals surface area contributed by atoms with Crippen LogP contribution in [-0.4, -0.2) is 36.5 Å². The van der Waals surface area contributed by atoms with E-state index in [1.165, 1.54) is 12.1 Å². The lowest BCUT2D eigenvalue weighted by Crippen LogP contribution is -2.46. The van der Waals surface area contributed by atoms with E-state index >= 15 is 0 Å². The van der Waals surface area contributed by atoms with Crippen LogP contribution in [0, 0.1) is 11.6 Å². The maximum absolute atomic E-state index is 13.8. The van der Waals surface area contributed by atoms with E-state index < -0.39 is 11.6 Å². The first-order valence-electron chi connectivity index (χ1n) is 7.75. The number of amides is 1. The van der Waals surface area contributed by atoms with E-state index in [-0.39, 0.29) is 11.9 Å². The average Bonchev–Trinajstić information content (AvgIpc) is 2.49. The average molecular weight is 311 g/mol. The Morgan fingerprint density at radius 2 is 2.18 bits per heavy atom. The van der Waals surface area contributed by atoms with Crippen molar-refractivity contribution in [1.82, 2.24) is 10.2 Å². The molecule has 3 N–H and O–H groups in total. The molecule has 1 heterocycles. The molecule has 1 aromatic rings. The molecule has 1 aliphatic rings. The maximum atomic E-state index is 13.8. The summed E-state index contributed by atoms with van der Waals surface area (Å²) in [6, 6.07) is 3.86. The minimum atomic E-state index is -0.564. The smallest absolute Gasteiger partial charge is 0.221 e. The number of nitrogens with zero attached hydrogens (tertiary/aromatic N) is 1. The second-order valence-electron chi connectivity index (χ2n) is 5.70. The Labute approximate surface area is 129 Å². The number of hydrogen-bond acceptors (Lipinski definition) is 3. The lowest BCUT2D eigenvalue weighted by Gasteiger charge is -2.36. The Morgan fingerprint density at radius 3 is 2.91 bits per heavy atom. The summed E-state index contributed by atoms with van der Waals surface area (Å²) in [6.45, 7) is 2.17. The Bertz CT molecular complexity index is 510. The van der Waals surface area contributed by atoms with Crippen LogP contribution in [0.4, 0.5) is 8.78 Å². The summed E-state index contributed by atoms with van der Waals surface area (Å²) in [4.78, 5) is 13.7. The van der Waals surface area contributed by atoms with Crippen molar-refractivity contribution in [1.29, 1.82) is 0 Å². The molecule has 2 rings (SSSR count). The fourth-order valence-electron chi connectivity index (χ4n) is 2.82. The Kier molecular flexibility index (Phi) is 6.27. The van der Waals surface area contributed by atoms with Gasteiger partial charge in [-0.05, 0) is 25.5 Å². The van der Waals surface area contributed by atoms with Gasteiger partial charge in [-0.3, -0.25) is 9.69 Å². The fourth-order valence-corrected chi connectivity index (χ4v) is 2.82. The molecule has 0 radical (unpaired) electrons. The summed E-state index contributed by atoms with van der Waals surface area (Å²) < 4.78 is 26.8. The topological polar surface area (TPSA) is 58.4 Å². The van der Waals surface area contributed by atoms with Crippen LogP contribution in [0.1, 0.15) is 31.2 Å². The maximum Gasteiger partial charge on any atom is 0.221 e. The molecule has 0 bridgehead atoms. The predicted molar refractivity (Wildman–Crippen MR) is 81.1 cm³/mol. The predicted octanol–water partition coefficient (Wildman–Crippen LogP) is 1.78. The number of piperidine rings is 1. The fraction of sp³-hybridized carbons (Fsp3) is 0.562. The Balaban J connectivity index is 1.95. The van der Waals surface area contributed by atoms with Crippen LogP contribution in [-0.2, 0) is 11.3 Å². The van der Waals surface area contributed by atoms with Gasteiger partial charge < -0.3 is 11.1 Å². The molecule has 1 saturated heterocycles. The highest BCUT2D eigenvalue weighted by Crippen LogP contribution is 2.21. The Hall–Kier alpha value is -1.53. The van der Waals surface area contributed by atoms with Crippen LogP contribution in [0.25, 0.3) is 0 Å². The van der Waals surface area contributed by atoms with Gasteiger partial charge in [0.25, 0.3) is 0 Å². The third-order valence-corrected chi connectivity index (χ3v) is 4.04. The molecule has 0 aromatic heterocycles. The minimum Gasteiger partial charge on any atom is -0.354 e. The van der Waals surface area contributed by atoms with Gasteiger partial charge in [0.05, 0.1) is 0 Å². The molecule has 4 nitrogen and oxygen atoms in total. The van der Waals surface area contributed by atoms with Gasteiger partial charge in [-0.25, -0.2) is 8.78 Å². The van der Waals surface area contributed by atoms with Crippen molar-refractivity contribution in [2.24, 2.45) is 5.73 Å². The van der Waals surface area contributed by atoms with Crippen LogP contribution >= 0.6 is 0 Å². The van der Waals surface area contributed by atoms with Crippen molar-refractivity contribution in [3.05, 3.63) is 35.4 Å². The first kappa shape index (κ1) is 16.8. The summed E-state index contributed by atoms with van der Waals surface area (Å²) in [7, 11) is 0. The van der Waals surface area contributed by atoms with E-state index in [1.54, 1.807) is 0 Å². The van der Waals surface area contributed by atoms with E-state index in [0.29, 0.717) is 31.6 Å². The molecule has 1 aromatic carbocycles. The van der Waals surface area contributed by atoms with Gasteiger partial charge in [-0.2, -0.15) is 0 Å². The molecule has 1 unspecified atom stereocenters. The van der Waals surface area contributed by atoms with Crippen LogP contribution in [0.2, 0.25) is 0 Å². The van der Waals surface area contributed by atoms with E-state index in [2.05, 4.69) is 10.2 Å². The highest BCUT2D eigenvalue weighted by molar-refractivity contribution is 5.76. The number of likely N-dealkylation sites (tertiary alicyclic amines) is 1. The first-order valence-corrected chi connectivity index (χ1v) is 7.75. The zero-order valence-electron chi connectivity index (χ0n) is 12.7. The summed E-state index contributed by atoms with van der Waals surface area (Å²) in [5, 5.41) is 2.88. The monoisotopic (exact) mass is 311 g/mol. The first-order chi connectivity index (χ1) is 10.6. The number of halogens is 2. The standard InChI is InChI=1S/C16H23F2N3O/c17-13-5-4-12(15(18)9-13)11-21-8-2-1-3-14(21)10-20-16(22)6-7-19/h4-5,9,14H,1-3,6-8,10-11,19H2,(H,20,22). The molecule has 0 aliphatic carbocycles. The molecule has 0 spiro atoms. The van der Waals surface area contributed by atoms with Gasteiger partial charge in [0, 0.05) is 43.7 Å². The van der Waals surface area contributed by atoms with Crippen LogP contribution in [0.3, 0.4) is 0 Å². The van der Waals surface area contributed by atoms with Crippen molar-refractivity contribution in [3.63, 3.8) is 0 Å².